The van der Waals surface area contributed by atoms with Crippen molar-refractivity contribution in [1.82, 2.24) is 20.9 Å². The van der Waals surface area contributed by atoms with Crippen LogP contribution in [0.15, 0.2) is 30.5 Å². The van der Waals surface area contributed by atoms with Gasteiger partial charge in [0, 0.05) is 23.5 Å². The fourth-order valence-corrected chi connectivity index (χ4v) is 4.34. The third-order valence-electron chi connectivity index (χ3n) is 5.97. The minimum Gasteiger partial charge on any atom is -0.481 e. The first-order valence-corrected chi connectivity index (χ1v) is 13.7. The van der Waals surface area contributed by atoms with Crippen molar-refractivity contribution >= 4 is 58.3 Å². The highest BCUT2D eigenvalue weighted by atomic mass is 32.2. The summed E-state index contributed by atoms with van der Waals surface area (Å²) in [6.07, 6.45) is 1.98. The number of para-hydroxylation sites is 1. The van der Waals surface area contributed by atoms with Crippen LogP contribution in [0.1, 0.15) is 31.2 Å². The molecule has 14 nitrogen and oxygen atoms in total. The number of carboxylic acid groups (broad SMARTS) is 3. The predicted molar refractivity (Wildman–Crippen MR) is 146 cm³/mol. The Balaban J connectivity index is 2.14. The van der Waals surface area contributed by atoms with Crippen LogP contribution in [-0.4, -0.2) is 92.1 Å². The molecule has 0 bridgehead atoms. The summed E-state index contributed by atoms with van der Waals surface area (Å²) in [7, 11) is 0. The molecule has 9 N–H and O–H groups in total. The lowest BCUT2D eigenvalue weighted by atomic mass is 10.0. The van der Waals surface area contributed by atoms with E-state index in [1.165, 1.54) is 11.8 Å². The number of nitrogens with two attached hydrogens (primary N) is 1. The molecule has 3 amide bonds. The number of aromatic amines is 1. The molecule has 2 aromatic rings. The molecule has 0 aliphatic carbocycles. The summed E-state index contributed by atoms with van der Waals surface area (Å²) in [5.74, 6) is -6.43. The van der Waals surface area contributed by atoms with Gasteiger partial charge >= 0.3 is 17.9 Å². The smallest absolute Gasteiger partial charge is 0.326 e. The molecule has 40 heavy (non-hydrogen) atoms. The highest BCUT2D eigenvalue weighted by molar-refractivity contribution is 7.98. The lowest BCUT2D eigenvalue weighted by molar-refractivity contribution is -0.147. The number of thioether (sulfide) groups is 1. The summed E-state index contributed by atoms with van der Waals surface area (Å²) < 4.78 is 0. The average Bonchev–Trinajstić information content (AvgIpc) is 3.30. The van der Waals surface area contributed by atoms with E-state index in [-0.39, 0.29) is 12.8 Å². The van der Waals surface area contributed by atoms with Crippen molar-refractivity contribution in [2.75, 3.05) is 12.0 Å². The van der Waals surface area contributed by atoms with Crippen molar-refractivity contribution in [3.8, 4) is 0 Å². The van der Waals surface area contributed by atoms with Crippen molar-refractivity contribution in [1.29, 1.82) is 0 Å². The number of carboxylic acids is 3. The summed E-state index contributed by atoms with van der Waals surface area (Å²) >= 11 is 1.40. The van der Waals surface area contributed by atoms with E-state index >= 15 is 0 Å². The van der Waals surface area contributed by atoms with Gasteiger partial charge < -0.3 is 42.0 Å². The number of fused-ring (bicyclic) bond motifs is 1. The van der Waals surface area contributed by atoms with Gasteiger partial charge in [-0.2, -0.15) is 11.8 Å². The van der Waals surface area contributed by atoms with Gasteiger partial charge in [-0.15, -0.1) is 0 Å². The Morgan fingerprint density at radius 2 is 1.48 bits per heavy atom. The summed E-state index contributed by atoms with van der Waals surface area (Å²) in [6.45, 7) is 0. The second kappa shape index (κ2) is 15.5. The molecule has 2 rings (SSSR count). The Morgan fingerprint density at radius 1 is 0.875 bits per heavy atom. The van der Waals surface area contributed by atoms with Crippen LogP contribution in [-0.2, 0) is 35.2 Å². The predicted octanol–water partition coefficient (Wildman–Crippen LogP) is -0.331. The molecule has 1 aromatic heterocycles. The number of carbonyl (C=O) groups is 6. The van der Waals surface area contributed by atoms with Gasteiger partial charge in [-0.1, -0.05) is 18.2 Å². The Labute approximate surface area is 233 Å². The van der Waals surface area contributed by atoms with Crippen LogP contribution in [0.4, 0.5) is 0 Å². The van der Waals surface area contributed by atoms with E-state index in [0.717, 1.165) is 16.5 Å². The monoisotopic (exact) mass is 579 g/mol. The zero-order valence-corrected chi connectivity index (χ0v) is 22.5. The van der Waals surface area contributed by atoms with Gasteiger partial charge in [0.25, 0.3) is 0 Å². The van der Waals surface area contributed by atoms with E-state index in [1.807, 2.05) is 29.6 Å². The number of rotatable bonds is 17. The van der Waals surface area contributed by atoms with Crippen molar-refractivity contribution in [2.24, 2.45) is 5.73 Å². The third kappa shape index (κ3) is 9.89. The molecule has 0 saturated heterocycles. The van der Waals surface area contributed by atoms with E-state index in [0.29, 0.717) is 5.75 Å². The van der Waals surface area contributed by atoms with Crippen LogP contribution in [0.25, 0.3) is 10.9 Å². The normalized spacial score (nSPS) is 13.9. The van der Waals surface area contributed by atoms with E-state index in [2.05, 4.69) is 15.6 Å². The molecule has 0 radical (unpaired) electrons. The van der Waals surface area contributed by atoms with Gasteiger partial charge in [0.15, 0.2) is 0 Å². The Kier molecular flexibility index (Phi) is 12.4. The van der Waals surface area contributed by atoms with Gasteiger partial charge in [-0.05, 0) is 42.9 Å². The first kappa shape index (κ1) is 32.1. The quantitative estimate of drug-likeness (QED) is 0.121. The molecule has 1 heterocycles. The Hall–Kier alpha value is -4.11. The molecule has 15 heteroatoms. The minimum absolute atomic E-state index is 0.155. The van der Waals surface area contributed by atoms with Crippen LogP contribution in [0, 0.1) is 0 Å². The van der Waals surface area contributed by atoms with Crippen LogP contribution < -0.4 is 21.7 Å². The number of aliphatic carboxylic acids is 3. The zero-order valence-electron chi connectivity index (χ0n) is 21.7. The van der Waals surface area contributed by atoms with Crippen LogP contribution >= 0.6 is 11.8 Å². The van der Waals surface area contributed by atoms with Gasteiger partial charge in [-0.25, -0.2) is 4.79 Å². The SMILES string of the molecule is CSCCC(NC(=O)C(N)Cc1c[nH]c2ccccc12)C(=O)NC(CCC(=O)O)C(=O)NC(CC(=O)O)C(=O)O. The molecule has 0 aliphatic rings. The molecule has 0 spiro atoms. The molecule has 4 atom stereocenters. The highest BCUT2D eigenvalue weighted by Gasteiger charge is 2.31. The number of amides is 3. The maximum atomic E-state index is 13.1. The lowest BCUT2D eigenvalue weighted by Crippen LogP contribution is -2.57. The van der Waals surface area contributed by atoms with Crippen molar-refractivity contribution in [3.63, 3.8) is 0 Å². The maximum Gasteiger partial charge on any atom is 0.326 e. The van der Waals surface area contributed by atoms with Crippen molar-refractivity contribution < 1.29 is 44.1 Å². The number of hydrogen-bond acceptors (Lipinski definition) is 8. The number of hydrogen-bond donors (Lipinski definition) is 8. The third-order valence-corrected chi connectivity index (χ3v) is 6.61. The maximum absolute atomic E-state index is 13.1. The fraction of sp³-hybridized carbons (Fsp3) is 0.440. The van der Waals surface area contributed by atoms with Gasteiger partial charge in [0.05, 0.1) is 12.5 Å². The zero-order chi connectivity index (χ0) is 29.8. The van der Waals surface area contributed by atoms with Crippen molar-refractivity contribution in [3.05, 3.63) is 36.0 Å². The number of carbonyl (C=O) groups excluding carboxylic acids is 3. The molecule has 1 aromatic carbocycles. The van der Waals surface area contributed by atoms with Gasteiger partial charge in [0.1, 0.15) is 18.1 Å². The minimum atomic E-state index is -1.80. The highest BCUT2D eigenvalue weighted by Crippen LogP contribution is 2.19. The Morgan fingerprint density at radius 3 is 2.08 bits per heavy atom. The number of benzene rings is 1. The number of aromatic nitrogens is 1. The summed E-state index contributed by atoms with van der Waals surface area (Å²) in [5.41, 5.74) is 7.82. The molecule has 218 valence electrons. The van der Waals surface area contributed by atoms with Crippen molar-refractivity contribution in [2.45, 2.75) is 56.3 Å². The summed E-state index contributed by atoms with van der Waals surface area (Å²) in [6, 6.07) is 2.02. The van der Waals surface area contributed by atoms with E-state index in [4.69, 9.17) is 15.9 Å². The molecule has 4 unspecified atom stereocenters. The Bertz CT molecular complexity index is 1230. The van der Waals surface area contributed by atoms with Crippen LogP contribution in [0.5, 0.6) is 0 Å². The molecular weight excluding hydrogens is 546 g/mol. The number of H-pyrrole nitrogens is 1. The lowest BCUT2D eigenvalue weighted by Gasteiger charge is -2.25. The first-order valence-electron chi connectivity index (χ1n) is 12.3. The van der Waals surface area contributed by atoms with Crippen LogP contribution in [0.3, 0.4) is 0 Å². The van der Waals surface area contributed by atoms with E-state index < -0.39 is 79.1 Å². The molecular formula is C25H33N5O9S. The topological polar surface area (TPSA) is 241 Å². The molecule has 0 fully saturated rings. The van der Waals surface area contributed by atoms with E-state index in [1.54, 1.807) is 12.5 Å². The standard InChI is InChI=1S/C25H33N5O9S/c1-40-9-8-18(28-22(35)15(26)10-13-12-27-16-5-3-2-4-14(13)16)24(37)29-17(6-7-20(31)32)23(36)30-19(25(38)39)11-21(33)34/h2-5,12,15,17-19,27H,6-11,26H2,1H3,(H,28,35)(H,29,37)(H,30,36)(H,31,32)(H,33,34)(H,38,39). The van der Waals surface area contributed by atoms with Gasteiger partial charge in [0.2, 0.25) is 17.7 Å². The molecule has 0 saturated carbocycles. The summed E-state index contributed by atoms with van der Waals surface area (Å²) in [5, 5.41) is 35.0. The van der Waals surface area contributed by atoms with E-state index in [9.17, 15) is 33.9 Å². The fourth-order valence-electron chi connectivity index (χ4n) is 3.87. The largest absolute Gasteiger partial charge is 0.481 e. The van der Waals surface area contributed by atoms with Gasteiger partial charge in [-0.3, -0.25) is 24.0 Å². The summed E-state index contributed by atoms with van der Waals surface area (Å²) in [4.78, 5) is 75.3. The first-order chi connectivity index (χ1) is 18.9. The average molecular weight is 580 g/mol. The second-order valence-corrected chi connectivity index (χ2v) is 9.99. The number of nitrogens with one attached hydrogen (secondary N) is 4. The van der Waals surface area contributed by atoms with Crippen LogP contribution in [0.2, 0.25) is 0 Å². The molecule has 0 aliphatic heterocycles. The second-order valence-electron chi connectivity index (χ2n) is 9.00.